The number of halogens is 1. The van der Waals surface area contributed by atoms with Gasteiger partial charge in [0.05, 0.1) is 43.2 Å². The van der Waals surface area contributed by atoms with E-state index in [-0.39, 0.29) is 42.2 Å². The number of unbranched alkanes of at least 4 members (excludes halogenated alkanes) is 2. The quantitative estimate of drug-likeness (QED) is 0.0794. The summed E-state index contributed by atoms with van der Waals surface area (Å²) >= 11 is 3.75. The molecule has 3 saturated heterocycles. The van der Waals surface area contributed by atoms with Gasteiger partial charge in [-0.05, 0) is 30.7 Å². The van der Waals surface area contributed by atoms with Crippen LogP contribution in [0.5, 0.6) is 0 Å². The van der Waals surface area contributed by atoms with Crippen LogP contribution in [0, 0.1) is 17.8 Å². The normalized spacial score (nSPS) is 27.3. The van der Waals surface area contributed by atoms with Gasteiger partial charge in [-0.15, -0.1) is 13.2 Å². The Bertz CT molecular complexity index is 1380. The third kappa shape index (κ3) is 8.45. The minimum Gasteiger partial charge on any atom is -0.455 e. The third-order valence-corrected chi connectivity index (χ3v) is 11.6. The molecule has 1 aromatic carbocycles. The van der Waals surface area contributed by atoms with Crippen molar-refractivity contribution in [3.63, 3.8) is 0 Å². The van der Waals surface area contributed by atoms with Gasteiger partial charge in [-0.3, -0.25) is 19.2 Å². The molecule has 3 aliphatic rings. The van der Waals surface area contributed by atoms with E-state index in [4.69, 9.17) is 14.2 Å². The molecule has 0 saturated carbocycles. The fourth-order valence-corrected chi connectivity index (χ4v) is 9.03. The largest absolute Gasteiger partial charge is 0.455 e. The number of ether oxygens (including phenoxy) is 3. The number of alkyl halides is 1. The zero-order valence-corrected chi connectivity index (χ0v) is 32.1. The maximum Gasteiger partial charge on any atom is 0.313 e. The Balaban J connectivity index is 1.76. The van der Waals surface area contributed by atoms with Crippen LogP contribution in [0.25, 0.3) is 0 Å². The SMILES string of the molecule is C=CCCC(=O)N[C@@H](COC)[C@@H](OC(=O)[C@@H]1[C@H]2O[C@@]3(CC2Br)[C@H](C(=O)N(CC=C)CCCCC)N([C@@H](CO)[C@@H](C)CC)C(=O)[C@@H]13)c1ccccc1. The lowest BCUT2D eigenvalue weighted by Crippen LogP contribution is -2.60. The first-order valence-electron chi connectivity index (χ1n) is 18.3. The molecule has 2 N–H and O–H groups in total. The highest BCUT2D eigenvalue weighted by molar-refractivity contribution is 9.09. The number of hydrogen-bond acceptors (Lipinski definition) is 8. The van der Waals surface area contributed by atoms with Crippen LogP contribution in [0.3, 0.4) is 0 Å². The molecular formula is C39H56BrN3O8. The molecule has 1 spiro atoms. The molecule has 3 fully saturated rings. The molecule has 11 nitrogen and oxygen atoms in total. The Morgan fingerprint density at radius 3 is 2.53 bits per heavy atom. The summed E-state index contributed by atoms with van der Waals surface area (Å²) in [5, 5.41) is 13.7. The lowest BCUT2D eigenvalue weighted by Gasteiger charge is -2.41. The van der Waals surface area contributed by atoms with Crippen molar-refractivity contribution in [1.82, 2.24) is 15.1 Å². The van der Waals surface area contributed by atoms with E-state index in [0.717, 1.165) is 19.3 Å². The lowest BCUT2D eigenvalue weighted by molar-refractivity contribution is -0.163. The number of aliphatic hydroxyl groups excluding tert-OH is 1. The number of nitrogens with zero attached hydrogens (tertiary/aromatic N) is 2. The zero-order valence-electron chi connectivity index (χ0n) is 30.5. The minimum atomic E-state index is -1.32. The van der Waals surface area contributed by atoms with Crippen LogP contribution in [0.1, 0.15) is 77.4 Å². The summed E-state index contributed by atoms with van der Waals surface area (Å²) in [6.07, 6.45) is 6.01. The van der Waals surface area contributed by atoms with E-state index < -0.39 is 59.6 Å². The van der Waals surface area contributed by atoms with Gasteiger partial charge in [0.2, 0.25) is 17.7 Å². The molecule has 1 unspecified atom stereocenters. The van der Waals surface area contributed by atoms with Gasteiger partial charge in [-0.25, -0.2) is 0 Å². The van der Waals surface area contributed by atoms with Crippen LogP contribution in [0.4, 0.5) is 0 Å². The Kier molecular flexibility index (Phi) is 14.9. The van der Waals surface area contributed by atoms with Crippen molar-refractivity contribution in [2.75, 3.05) is 33.4 Å². The number of allylic oxidation sites excluding steroid dienone is 1. The second-order valence-electron chi connectivity index (χ2n) is 14.0. The maximum absolute atomic E-state index is 14.8. The van der Waals surface area contributed by atoms with Gasteiger partial charge in [0.1, 0.15) is 17.7 Å². The Hall–Kier alpha value is -3.06. The highest BCUT2D eigenvalue weighted by Gasteiger charge is 2.77. The summed E-state index contributed by atoms with van der Waals surface area (Å²) in [7, 11) is 1.51. The van der Waals surface area contributed by atoms with Crippen molar-refractivity contribution in [1.29, 1.82) is 0 Å². The van der Waals surface area contributed by atoms with Crippen molar-refractivity contribution in [3.05, 3.63) is 61.2 Å². The average Bonchev–Trinajstić information content (AvgIpc) is 3.72. The molecule has 2 bridgehead atoms. The minimum absolute atomic E-state index is 0.0548. The van der Waals surface area contributed by atoms with Crippen molar-refractivity contribution in [2.24, 2.45) is 17.8 Å². The predicted octanol–water partition coefficient (Wildman–Crippen LogP) is 4.73. The van der Waals surface area contributed by atoms with Crippen molar-refractivity contribution in [2.45, 2.75) is 106 Å². The highest BCUT2D eigenvalue weighted by atomic mass is 79.9. The number of carbonyl (C=O) groups excluding carboxylic acids is 4. The summed E-state index contributed by atoms with van der Waals surface area (Å²) in [6, 6.07) is 6.64. The number of amides is 3. The molecule has 0 radical (unpaired) electrons. The van der Waals surface area contributed by atoms with Gasteiger partial charge in [0.15, 0.2) is 0 Å². The molecule has 282 valence electrons. The molecule has 12 heteroatoms. The molecule has 10 atom stereocenters. The highest BCUT2D eigenvalue weighted by Crippen LogP contribution is 2.61. The average molecular weight is 775 g/mol. The summed E-state index contributed by atoms with van der Waals surface area (Å²) in [5.74, 6) is -3.79. The van der Waals surface area contributed by atoms with Gasteiger partial charge < -0.3 is 34.4 Å². The fourth-order valence-electron chi connectivity index (χ4n) is 8.09. The van der Waals surface area contributed by atoms with E-state index in [9.17, 15) is 24.3 Å². The number of esters is 1. The van der Waals surface area contributed by atoms with Crippen LogP contribution >= 0.6 is 15.9 Å². The number of fused-ring (bicyclic) bond motifs is 1. The van der Waals surface area contributed by atoms with Gasteiger partial charge in [0.25, 0.3) is 0 Å². The van der Waals surface area contributed by atoms with Gasteiger partial charge >= 0.3 is 5.97 Å². The number of rotatable bonds is 21. The standard InChI is InChI=1S/C39H56BrN3O8/c1-7-11-16-21-42(20-9-3)37(47)35-39-22-27(40)34(51-39)31(32(39)36(46)43(35)29(23-44)25(5)10-4)38(48)50-33(26-17-14-13-15-18-26)28(24-49-6)41-30(45)19-12-8-2/h8-9,13-15,17-18,25,27-29,31-35,44H,2-3,7,10-12,16,19-24H2,1,4-6H3,(H,41,45)/t25-,27?,28-,29-,31-,32+,33-,34-,35-,39+/m0/s1. The van der Waals surface area contributed by atoms with Crippen molar-refractivity contribution >= 4 is 39.6 Å². The molecule has 3 amide bonds. The van der Waals surface area contributed by atoms with E-state index in [1.54, 1.807) is 17.1 Å². The molecule has 0 aliphatic carbocycles. The second-order valence-corrected chi connectivity index (χ2v) is 15.2. The van der Waals surface area contributed by atoms with Gasteiger partial charge in [0, 0.05) is 31.4 Å². The van der Waals surface area contributed by atoms with Crippen LogP contribution in [-0.4, -0.2) is 107 Å². The monoisotopic (exact) mass is 773 g/mol. The predicted molar refractivity (Wildman–Crippen MR) is 198 cm³/mol. The van der Waals surface area contributed by atoms with Crippen LogP contribution < -0.4 is 5.32 Å². The third-order valence-electron chi connectivity index (χ3n) is 10.8. The van der Waals surface area contributed by atoms with E-state index in [1.807, 2.05) is 44.2 Å². The zero-order chi connectivity index (χ0) is 37.3. The summed E-state index contributed by atoms with van der Waals surface area (Å²) in [6.45, 7) is 14.1. The number of methoxy groups -OCH3 is 1. The molecule has 3 heterocycles. The van der Waals surface area contributed by atoms with E-state index >= 15 is 0 Å². The molecule has 1 aromatic rings. The number of hydrogen-bond donors (Lipinski definition) is 2. The lowest BCUT2D eigenvalue weighted by atomic mass is 9.70. The summed E-state index contributed by atoms with van der Waals surface area (Å²) in [5.41, 5.74) is -0.683. The molecule has 51 heavy (non-hydrogen) atoms. The number of benzene rings is 1. The van der Waals surface area contributed by atoms with Crippen molar-refractivity contribution in [3.8, 4) is 0 Å². The molecule has 4 rings (SSSR count). The van der Waals surface area contributed by atoms with Crippen LogP contribution in [0.2, 0.25) is 0 Å². The number of likely N-dealkylation sites (tertiary alicyclic amines) is 1. The Morgan fingerprint density at radius 1 is 1.20 bits per heavy atom. The Labute approximate surface area is 311 Å². The first-order chi connectivity index (χ1) is 24.5. The van der Waals surface area contributed by atoms with Gasteiger partial charge in [-0.2, -0.15) is 0 Å². The molecule has 3 aliphatic heterocycles. The Morgan fingerprint density at radius 2 is 1.92 bits per heavy atom. The summed E-state index contributed by atoms with van der Waals surface area (Å²) in [4.78, 5) is 60.0. The van der Waals surface area contributed by atoms with Crippen LogP contribution in [-0.2, 0) is 33.4 Å². The fraction of sp³-hybridized carbons (Fsp3) is 0.641. The first kappa shape index (κ1) is 40.7. The van der Waals surface area contributed by atoms with Crippen molar-refractivity contribution < 1.29 is 38.5 Å². The number of nitrogens with one attached hydrogen (secondary N) is 1. The molecular weight excluding hydrogens is 718 g/mol. The van der Waals surface area contributed by atoms with Crippen LogP contribution in [0.15, 0.2) is 55.6 Å². The maximum atomic E-state index is 14.8. The summed E-state index contributed by atoms with van der Waals surface area (Å²) < 4.78 is 18.6. The van der Waals surface area contributed by atoms with Gasteiger partial charge in [-0.1, -0.05) is 98.4 Å². The van der Waals surface area contributed by atoms with E-state index in [2.05, 4.69) is 41.3 Å². The molecule has 0 aromatic heterocycles. The smallest absolute Gasteiger partial charge is 0.313 e. The number of carbonyl (C=O) groups is 4. The second kappa shape index (κ2) is 18.6. The first-order valence-corrected chi connectivity index (χ1v) is 19.3. The number of aliphatic hydroxyl groups is 1. The van der Waals surface area contributed by atoms with E-state index in [1.165, 1.54) is 12.0 Å². The van der Waals surface area contributed by atoms with E-state index in [0.29, 0.717) is 37.9 Å². The topological polar surface area (TPSA) is 135 Å².